The van der Waals surface area contributed by atoms with Crippen LogP contribution in [-0.2, 0) is 4.79 Å². The van der Waals surface area contributed by atoms with Crippen molar-refractivity contribution in [3.63, 3.8) is 0 Å². The third-order valence-electron chi connectivity index (χ3n) is 1.50. The van der Waals surface area contributed by atoms with Gasteiger partial charge in [-0.15, -0.1) is 0 Å². The van der Waals surface area contributed by atoms with Gasteiger partial charge in [0.05, 0.1) is 5.56 Å². The fourth-order valence-corrected chi connectivity index (χ4v) is 0.981. The number of hydrogen-bond acceptors (Lipinski definition) is 3. The van der Waals surface area contributed by atoms with Crippen LogP contribution in [-0.4, -0.2) is 11.1 Å². The number of esters is 1. The number of carbonyl (C=O) groups excluding carboxylic acids is 1. The fourth-order valence-electron chi connectivity index (χ4n) is 0.981. The molecule has 3 heteroatoms. The summed E-state index contributed by atoms with van der Waals surface area (Å²) in [6, 6.07) is 4.70. The van der Waals surface area contributed by atoms with Gasteiger partial charge >= 0.3 is 5.97 Å². The minimum Gasteiger partial charge on any atom is -0.507 e. The van der Waals surface area contributed by atoms with Gasteiger partial charge in [0.15, 0.2) is 0 Å². The molecule has 0 unspecified atom stereocenters. The fraction of sp³-hybridized carbons (Fsp3) is 0.100. The van der Waals surface area contributed by atoms with Crippen molar-refractivity contribution in [1.82, 2.24) is 0 Å². The summed E-state index contributed by atoms with van der Waals surface area (Å²) in [4.78, 5) is 10.7. The van der Waals surface area contributed by atoms with Gasteiger partial charge in [-0.2, -0.15) is 0 Å². The molecule has 0 aliphatic carbocycles. The number of aromatic hydroxyl groups is 1. The molecule has 1 N–H and O–H groups in total. The normalized spacial score (nSPS) is 9.31. The van der Waals surface area contributed by atoms with Crippen LogP contribution in [0.15, 0.2) is 24.8 Å². The number of carbonyl (C=O) groups is 1. The maximum Gasteiger partial charge on any atom is 0.308 e. The van der Waals surface area contributed by atoms with Crippen LogP contribution in [0.25, 0.3) is 6.08 Å². The summed E-state index contributed by atoms with van der Waals surface area (Å²) in [6.07, 6.45) is 1.44. The second-order valence-electron chi connectivity index (χ2n) is 2.49. The highest BCUT2D eigenvalue weighted by atomic mass is 16.5. The predicted octanol–water partition coefficient (Wildman–Crippen LogP) is 1.96. The minimum atomic E-state index is -0.422. The molecule has 0 aromatic heterocycles. The summed E-state index contributed by atoms with van der Waals surface area (Å²) in [5.74, 6) is -0.0510. The average molecular weight is 178 g/mol. The van der Waals surface area contributed by atoms with Gasteiger partial charge in [-0.05, 0) is 12.1 Å². The van der Waals surface area contributed by atoms with E-state index < -0.39 is 5.97 Å². The van der Waals surface area contributed by atoms with Crippen molar-refractivity contribution >= 4 is 12.0 Å². The molecule has 13 heavy (non-hydrogen) atoms. The van der Waals surface area contributed by atoms with Crippen molar-refractivity contribution < 1.29 is 14.6 Å². The molecule has 0 atom stereocenters. The lowest BCUT2D eigenvalue weighted by atomic mass is 10.2. The summed E-state index contributed by atoms with van der Waals surface area (Å²) < 4.78 is 4.85. The molecule has 1 aromatic carbocycles. The van der Waals surface area contributed by atoms with Gasteiger partial charge in [0.25, 0.3) is 0 Å². The zero-order valence-electron chi connectivity index (χ0n) is 7.28. The smallest absolute Gasteiger partial charge is 0.308 e. The summed E-state index contributed by atoms with van der Waals surface area (Å²) in [5.41, 5.74) is 0.428. The topological polar surface area (TPSA) is 46.5 Å². The first-order valence-corrected chi connectivity index (χ1v) is 3.78. The molecular formula is C10H10O3. The number of phenolic OH excluding ortho intramolecular Hbond substituents is 1. The van der Waals surface area contributed by atoms with Crippen LogP contribution >= 0.6 is 0 Å². The van der Waals surface area contributed by atoms with Crippen LogP contribution in [0.3, 0.4) is 0 Å². The van der Waals surface area contributed by atoms with E-state index in [-0.39, 0.29) is 5.75 Å². The van der Waals surface area contributed by atoms with Crippen molar-refractivity contribution in [1.29, 1.82) is 0 Å². The molecule has 1 rings (SSSR count). The van der Waals surface area contributed by atoms with E-state index >= 15 is 0 Å². The Morgan fingerprint density at radius 2 is 2.31 bits per heavy atom. The molecule has 0 radical (unpaired) electrons. The van der Waals surface area contributed by atoms with Crippen LogP contribution in [0.5, 0.6) is 11.5 Å². The van der Waals surface area contributed by atoms with Crippen molar-refractivity contribution in [3.8, 4) is 11.5 Å². The third kappa shape index (κ3) is 2.08. The molecule has 0 saturated carbocycles. The largest absolute Gasteiger partial charge is 0.507 e. The lowest BCUT2D eigenvalue weighted by molar-refractivity contribution is -0.131. The summed E-state index contributed by atoms with van der Waals surface area (Å²) >= 11 is 0. The maximum atomic E-state index is 10.7. The quantitative estimate of drug-likeness (QED) is 0.556. The van der Waals surface area contributed by atoms with Gasteiger partial charge < -0.3 is 9.84 Å². The number of rotatable bonds is 2. The van der Waals surface area contributed by atoms with Gasteiger partial charge in [0.1, 0.15) is 11.5 Å². The maximum absolute atomic E-state index is 10.7. The van der Waals surface area contributed by atoms with E-state index in [9.17, 15) is 9.90 Å². The van der Waals surface area contributed by atoms with Crippen LogP contribution in [0.1, 0.15) is 12.5 Å². The Morgan fingerprint density at radius 1 is 1.62 bits per heavy atom. The number of hydrogen-bond donors (Lipinski definition) is 1. The summed E-state index contributed by atoms with van der Waals surface area (Å²) in [5, 5.41) is 9.34. The number of benzene rings is 1. The van der Waals surface area contributed by atoms with Gasteiger partial charge in [0.2, 0.25) is 0 Å². The van der Waals surface area contributed by atoms with E-state index in [0.717, 1.165) is 0 Å². The van der Waals surface area contributed by atoms with E-state index in [2.05, 4.69) is 6.58 Å². The van der Waals surface area contributed by atoms with Gasteiger partial charge in [-0.3, -0.25) is 4.79 Å². The highest BCUT2D eigenvalue weighted by Crippen LogP contribution is 2.28. The molecule has 0 amide bonds. The highest BCUT2D eigenvalue weighted by molar-refractivity contribution is 5.73. The molecule has 0 heterocycles. The predicted molar refractivity (Wildman–Crippen MR) is 49.5 cm³/mol. The standard InChI is InChI=1S/C10H10O3/c1-3-8-9(12)5-4-6-10(8)13-7(2)11/h3-6,12H,1H2,2H3. The van der Waals surface area contributed by atoms with Gasteiger partial charge in [-0.1, -0.05) is 18.7 Å². The van der Waals surface area contributed by atoms with Crippen LogP contribution in [0.4, 0.5) is 0 Å². The SMILES string of the molecule is C=Cc1c(O)cccc1OC(C)=O. The van der Waals surface area contributed by atoms with E-state index in [1.54, 1.807) is 12.1 Å². The second-order valence-corrected chi connectivity index (χ2v) is 2.49. The van der Waals surface area contributed by atoms with Crippen LogP contribution in [0, 0.1) is 0 Å². The van der Waals surface area contributed by atoms with E-state index in [1.165, 1.54) is 19.1 Å². The monoisotopic (exact) mass is 178 g/mol. The van der Waals surface area contributed by atoms with Crippen molar-refractivity contribution in [3.05, 3.63) is 30.3 Å². The summed E-state index contributed by atoms with van der Waals surface area (Å²) in [7, 11) is 0. The molecule has 0 bridgehead atoms. The Balaban J connectivity index is 3.12. The Morgan fingerprint density at radius 3 is 2.85 bits per heavy atom. The highest BCUT2D eigenvalue weighted by Gasteiger charge is 2.06. The number of phenols is 1. The van der Waals surface area contributed by atoms with E-state index in [0.29, 0.717) is 11.3 Å². The molecule has 0 spiro atoms. The molecule has 3 nitrogen and oxygen atoms in total. The molecule has 0 fully saturated rings. The minimum absolute atomic E-state index is 0.0498. The Kier molecular flexibility index (Phi) is 2.69. The molecule has 0 saturated heterocycles. The average Bonchev–Trinajstić information content (AvgIpc) is 2.03. The van der Waals surface area contributed by atoms with Crippen molar-refractivity contribution in [2.45, 2.75) is 6.92 Å². The lowest BCUT2D eigenvalue weighted by Crippen LogP contribution is -2.02. The number of ether oxygens (including phenoxy) is 1. The zero-order valence-corrected chi connectivity index (χ0v) is 7.28. The zero-order chi connectivity index (χ0) is 9.84. The van der Waals surface area contributed by atoms with Crippen molar-refractivity contribution in [2.75, 3.05) is 0 Å². The Bertz CT molecular complexity index is 342. The van der Waals surface area contributed by atoms with Crippen molar-refractivity contribution in [2.24, 2.45) is 0 Å². The first-order valence-electron chi connectivity index (χ1n) is 3.78. The molecular weight excluding hydrogens is 168 g/mol. The molecule has 0 aliphatic heterocycles. The van der Waals surface area contributed by atoms with Crippen LogP contribution < -0.4 is 4.74 Å². The third-order valence-corrected chi connectivity index (χ3v) is 1.50. The Hall–Kier alpha value is -1.77. The van der Waals surface area contributed by atoms with Crippen LogP contribution in [0.2, 0.25) is 0 Å². The first kappa shape index (κ1) is 9.32. The molecule has 1 aromatic rings. The van der Waals surface area contributed by atoms with E-state index in [1.807, 2.05) is 0 Å². The van der Waals surface area contributed by atoms with E-state index in [4.69, 9.17) is 4.74 Å². The second kappa shape index (κ2) is 3.76. The molecule has 0 aliphatic rings. The van der Waals surface area contributed by atoms with Gasteiger partial charge in [-0.25, -0.2) is 0 Å². The lowest BCUT2D eigenvalue weighted by Gasteiger charge is -2.06. The summed E-state index contributed by atoms with van der Waals surface area (Å²) in [6.45, 7) is 4.81. The first-order chi connectivity index (χ1) is 6.15. The molecule has 68 valence electrons. The van der Waals surface area contributed by atoms with Gasteiger partial charge in [0, 0.05) is 6.92 Å². The Labute approximate surface area is 76.3 Å².